The first-order valence-corrected chi connectivity index (χ1v) is 7.20. The monoisotopic (exact) mass is 252 g/mol. The van der Waals surface area contributed by atoms with E-state index in [1.165, 1.54) is 29.5 Å². The summed E-state index contributed by atoms with van der Waals surface area (Å²) in [7, 11) is 0. The van der Waals surface area contributed by atoms with Crippen molar-refractivity contribution in [2.45, 2.75) is 39.5 Å². The second-order valence-electron chi connectivity index (χ2n) is 5.63. The fourth-order valence-electron chi connectivity index (χ4n) is 2.72. The molecule has 1 heterocycles. The van der Waals surface area contributed by atoms with Crippen LogP contribution in [-0.2, 0) is 12.8 Å². The highest BCUT2D eigenvalue weighted by atomic mass is 14.8. The van der Waals surface area contributed by atoms with Gasteiger partial charge >= 0.3 is 0 Å². The Kier molecular flexibility index (Phi) is 3.33. The molecule has 0 amide bonds. The van der Waals surface area contributed by atoms with E-state index in [0.717, 1.165) is 24.0 Å². The van der Waals surface area contributed by atoms with E-state index in [1.807, 2.05) is 0 Å². The Morgan fingerprint density at radius 2 is 1.95 bits per heavy atom. The van der Waals surface area contributed by atoms with Gasteiger partial charge in [-0.2, -0.15) is 0 Å². The summed E-state index contributed by atoms with van der Waals surface area (Å²) in [6.07, 6.45) is 6.79. The van der Waals surface area contributed by atoms with Crippen LogP contribution in [-0.4, -0.2) is 11.2 Å². The highest BCUT2D eigenvalue weighted by molar-refractivity contribution is 5.93. The highest BCUT2D eigenvalue weighted by Gasteiger charge is 2.17. The molecule has 0 saturated carbocycles. The van der Waals surface area contributed by atoms with Crippen LogP contribution >= 0.6 is 0 Å². The zero-order chi connectivity index (χ0) is 13.2. The molecule has 1 aromatic heterocycles. The number of hydrogen-bond acceptors (Lipinski definition) is 2. The third kappa shape index (κ3) is 2.40. The minimum atomic E-state index is 0.478. The van der Waals surface area contributed by atoms with Crippen molar-refractivity contribution in [2.75, 3.05) is 0 Å². The number of aryl methyl sites for hydroxylation is 1. The molecule has 19 heavy (non-hydrogen) atoms. The number of fused-ring (bicyclic) bond motifs is 2. The summed E-state index contributed by atoms with van der Waals surface area (Å²) in [5.74, 6) is 0.478. The number of hydrogen-bond donors (Lipinski definition) is 0. The number of benzene rings is 1. The average molecular weight is 252 g/mol. The largest absolute Gasteiger partial charge is 0.260 e. The molecule has 1 aliphatic carbocycles. The summed E-state index contributed by atoms with van der Waals surface area (Å²) in [5.41, 5.74) is 4.88. The summed E-state index contributed by atoms with van der Waals surface area (Å²) in [5, 5.41) is 1.19. The van der Waals surface area contributed by atoms with Crippen LogP contribution in [0.1, 0.15) is 37.9 Å². The Hall–Kier alpha value is -1.70. The number of nitrogens with zero attached hydrogens (tertiary/aromatic N) is 2. The van der Waals surface area contributed by atoms with Crippen molar-refractivity contribution in [3.63, 3.8) is 0 Å². The molecule has 0 spiro atoms. The highest BCUT2D eigenvalue weighted by Crippen LogP contribution is 2.35. The predicted octanol–water partition coefficient (Wildman–Crippen LogP) is 4.47. The maximum Gasteiger partial charge on any atom is 0.0769 e. The fraction of sp³-hybridized carbons (Fsp3) is 0.412. The third-order valence-corrected chi connectivity index (χ3v) is 3.64. The molecule has 0 unspecified atom stereocenters. The van der Waals surface area contributed by atoms with E-state index in [-0.39, 0.29) is 0 Å². The second-order valence-corrected chi connectivity index (χ2v) is 5.63. The Labute approximate surface area is 114 Å². The minimum absolute atomic E-state index is 0.478. The van der Waals surface area contributed by atoms with Crippen molar-refractivity contribution in [1.82, 2.24) is 4.98 Å². The smallest absolute Gasteiger partial charge is 0.0769 e. The normalized spacial score (nSPS) is 15.3. The molecule has 2 nitrogen and oxygen atoms in total. The Balaban J connectivity index is 2.24. The molecule has 0 atom stereocenters. The van der Waals surface area contributed by atoms with Crippen LogP contribution in [0.15, 0.2) is 29.3 Å². The lowest BCUT2D eigenvalue weighted by Crippen LogP contribution is -2.06. The maximum atomic E-state index is 4.83. The number of para-hydroxylation sites is 1. The molecule has 0 saturated heterocycles. The van der Waals surface area contributed by atoms with Crippen LogP contribution in [0.3, 0.4) is 0 Å². The van der Waals surface area contributed by atoms with Gasteiger partial charge in [-0.1, -0.05) is 32.0 Å². The van der Waals surface area contributed by atoms with E-state index >= 15 is 0 Å². The van der Waals surface area contributed by atoms with Crippen LogP contribution in [0.25, 0.3) is 10.9 Å². The quantitative estimate of drug-likeness (QED) is 0.724. The van der Waals surface area contributed by atoms with Gasteiger partial charge in [-0.05, 0) is 43.2 Å². The van der Waals surface area contributed by atoms with Crippen molar-refractivity contribution in [2.24, 2.45) is 10.9 Å². The number of pyridine rings is 1. The van der Waals surface area contributed by atoms with Crippen LogP contribution in [0, 0.1) is 5.92 Å². The van der Waals surface area contributed by atoms with Gasteiger partial charge in [0.25, 0.3) is 0 Å². The maximum absolute atomic E-state index is 4.83. The first-order valence-electron chi connectivity index (χ1n) is 7.20. The molecule has 0 radical (unpaired) electrons. The number of aromatic nitrogens is 1. The second kappa shape index (κ2) is 5.12. The van der Waals surface area contributed by atoms with E-state index in [2.05, 4.69) is 44.3 Å². The van der Waals surface area contributed by atoms with E-state index in [0.29, 0.717) is 5.92 Å². The molecule has 98 valence electrons. The predicted molar refractivity (Wildman–Crippen MR) is 81.4 cm³/mol. The topological polar surface area (TPSA) is 25.2 Å². The zero-order valence-corrected chi connectivity index (χ0v) is 11.7. The molecule has 0 fully saturated rings. The lowest BCUT2D eigenvalue weighted by Gasteiger charge is -2.18. The van der Waals surface area contributed by atoms with Crippen molar-refractivity contribution in [1.29, 1.82) is 0 Å². The Morgan fingerprint density at radius 1 is 1.16 bits per heavy atom. The molecule has 1 aliphatic rings. The summed E-state index contributed by atoms with van der Waals surface area (Å²) < 4.78 is 0. The van der Waals surface area contributed by atoms with Gasteiger partial charge in [0.1, 0.15) is 0 Å². The lowest BCUT2D eigenvalue weighted by molar-refractivity contribution is 0.672. The van der Waals surface area contributed by atoms with Gasteiger partial charge < -0.3 is 0 Å². The number of rotatable bonds is 2. The van der Waals surface area contributed by atoms with Crippen LogP contribution < -0.4 is 0 Å². The average Bonchev–Trinajstić information content (AvgIpc) is 2.43. The molecule has 0 N–H and O–H groups in total. The van der Waals surface area contributed by atoms with E-state index < -0.39 is 0 Å². The van der Waals surface area contributed by atoms with Gasteiger partial charge in [0.2, 0.25) is 0 Å². The van der Waals surface area contributed by atoms with Crippen LogP contribution in [0.5, 0.6) is 0 Å². The molecule has 2 heteroatoms. The van der Waals surface area contributed by atoms with Gasteiger partial charge in [-0.25, -0.2) is 0 Å². The molecular formula is C17H20N2. The Morgan fingerprint density at radius 3 is 2.79 bits per heavy atom. The molecule has 2 aromatic rings. The van der Waals surface area contributed by atoms with Crippen molar-refractivity contribution >= 4 is 22.8 Å². The van der Waals surface area contributed by atoms with Gasteiger partial charge in [0.05, 0.1) is 11.2 Å². The van der Waals surface area contributed by atoms with E-state index in [4.69, 9.17) is 9.98 Å². The summed E-state index contributed by atoms with van der Waals surface area (Å²) in [6.45, 7) is 4.33. The fourth-order valence-corrected chi connectivity index (χ4v) is 2.72. The van der Waals surface area contributed by atoms with Gasteiger partial charge in [-0.15, -0.1) is 0 Å². The van der Waals surface area contributed by atoms with E-state index in [1.54, 1.807) is 0 Å². The first-order chi connectivity index (χ1) is 9.25. The third-order valence-electron chi connectivity index (χ3n) is 3.64. The van der Waals surface area contributed by atoms with Gasteiger partial charge in [0.15, 0.2) is 0 Å². The molecule has 3 rings (SSSR count). The standard InChI is InChI=1S/C17H20N2/c1-12(2)11-18-17-13-7-3-5-9-15(13)19-16-10-6-4-8-14(16)17/h3,5,7,9,11-12H,4,6,8,10H2,1-2H3/b18-11+. The Bertz CT molecular complexity index is 626. The lowest BCUT2D eigenvalue weighted by atomic mass is 9.93. The summed E-state index contributed by atoms with van der Waals surface area (Å²) >= 11 is 0. The van der Waals surface area contributed by atoms with Crippen LogP contribution in [0.4, 0.5) is 5.69 Å². The van der Waals surface area contributed by atoms with Crippen molar-refractivity contribution < 1.29 is 0 Å². The van der Waals surface area contributed by atoms with Gasteiger partial charge in [0, 0.05) is 17.3 Å². The van der Waals surface area contributed by atoms with Crippen molar-refractivity contribution in [3.05, 3.63) is 35.5 Å². The summed E-state index contributed by atoms with van der Waals surface area (Å²) in [6, 6.07) is 8.37. The first kappa shape index (κ1) is 12.3. The van der Waals surface area contributed by atoms with Gasteiger partial charge in [-0.3, -0.25) is 9.98 Å². The molecule has 0 aliphatic heterocycles. The molecule has 0 bridgehead atoms. The molecule has 1 aromatic carbocycles. The minimum Gasteiger partial charge on any atom is -0.260 e. The SMILES string of the molecule is CC(C)/C=N/c1c2c(nc3ccccc13)CCCC2. The molecular weight excluding hydrogens is 232 g/mol. The number of aliphatic imine (C=N–C) groups is 1. The van der Waals surface area contributed by atoms with Crippen molar-refractivity contribution in [3.8, 4) is 0 Å². The van der Waals surface area contributed by atoms with E-state index in [9.17, 15) is 0 Å². The zero-order valence-electron chi connectivity index (χ0n) is 11.7. The van der Waals surface area contributed by atoms with Crippen LogP contribution in [0.2, 0.25) is 0 Å². The summed E-state index contributed by atoms with van der Waals surface area (Å²) in [4.78, 5) is 9.61.